The zero-order valence-corrected chi connectivity index (χ0v) is 16.2. The second kappa shape index (κ2) is 9.27. The van der Waals surface area contributed by atoms with E-state index < -0.39 is 0 Å². The third kappa shape index (κ3) is 4.83. The number of quaternary nitrogens is 1. The molecule has 0 spiro atoms. The van der Waals surface area contributed by atoms with Crippen molar-refractivity contribution in [2.75, 3.05) is 46.9 Å². The molecule has 0 unspecified atom stereocenters. The number of rotatable bonds is 7. The predicted octanol–water partition coefficient (Wildman–Crippen LogP) is -0.0461. The van der Waals surface area contributed by atoms with Gasteiger partial charge in [-0.25, -0.2) is 0 Å². The molecule has 150 valence electrons. The maximum absolute atomic E-state index is 12.3. The highest BCUT2D eigenvalue weighted by molar-refractivity contribution is 5.91. The van der Waals surface area contributed by atoms with E-state index in [-0.39, 0.29) is 11.8 Å². The van der Waals surface area contributed by atoms with Crippen LogP contribution in [0, 0.1) is 0 Å². The van der Waals surface area contributed by atoms with E-state index in [1.54, 1.807) is 31.3 Å². The molecular weight excluding hydrogens is 362 g/mol. The zero-order chi connectivity index (χ0) is 19.9. The van der Waals surface area contributed by atoms with Crippen molar-refractivity contribution in [3.63, 3.8) is 0 Å². The van der Waals surface area contributed by atoms with Crippen LogP contribution in [0.1, 0.15) is 16.1 Å². The molecule has 8 heteroatoms. The summed E-state index contributed by atoms with van der Waals surface area (Å²) in [5, 5.41) is 2.94. The maximum atomic E-state index is 12.3. The van der Waals surface area contributed by atoms with E-state index >= 15 is 0 Å². The molecule has 1 fully saturated rings. The molecule has 0 radical (unpaired) electrons. The first kappa shape index (κ1) is 19.8. The van der Waals surface area contributed by atoms with Gasteiger partial charge in [0.25, 0.3) is 11.8 Å². The normalized spacial score (nSPS) is 14.6. The quantitative estimate of drug-likeness (QED) is 0.695. The van der Waals surface area contributed by atoms with Crippen LogP contribution >= 0.6 is 0 Å². The molecular formula is C20H26N3O5+. The second-order valence-electron chi connectivity index (χ2n) is 6.66. The maximum Gasteiger partial charge on any atom is 0.289 e. The van der Waals surface area contributed by atoms with Gasteiger partial charge in [0.15, 0.2) is 23.8 Å². The van der Waals surface area contributed by atoms with E-state index in [1.165, 1.54) is 6.26 Å². The van der Waals surface area contributed by atoms with Gasteiger partial charge in [-0.05, 0) is 29.8 Å². The predicted molar refractivity (Wildman–Crippen MR) is 102 cm³/mol. The summed E-state index contributed by atoms with van der Waals surface area (Å²) in [7, 11) is 3.17. The summed E-state index contributed by atoms with van der Waals surface area (Å²) in [4.78, 5) is 27.5. The van der Waals surface area contributed by atoms with Crippen molar-refractivity contribution in [3.05, 3.63) is 47.9 Å². The van der Waals surface area contributed by atoms with E-state index in [2.05, 4.69) is 5.32 Å². The number of hydrogen-bond acceptors (Lipinski definition) is 5. The summed E-state index contributed by atoms with van der Waals surface area (Å²) in [5.41, 5.74) is 0.940. The molecule has 0 bridgehead atoms. The minimum atomic E-state index is -0.0954. The van der Waals surface area contributed by atoms with Crippen molar-refractivity contribution in [1.29, 1.82) is 0 Å². The number of carbonyl (C=O) groups is 2. The van der Waals surface area contributed by atoms with Crippen LogP contribution in [0.4, 0.5) is 0 Å². The molecule has 0 atom stereocenters. The van der Waals surface area contributed by atoms with Gasteiger partial charge in [0.1, 0.15) is 0 Å². The summed E-state index contributed by atoms with van der Waals surface area (Å²) in [6.45, 7) is 3.49. The van der Waals surface area contributed by atoms with Gasteiger partial charge in [-0.3, -0.25) is 9.59 Å². The number of hydrogen-bond donors (Lipinski definition) is 2. The van der Waals surface area contributed by atoms with Crippen LogP contribution < -0.4 is 19.7 Å². The number of amides is 2. The monoisotopic (exact) mass is 388 g/mol. The second-order valence-corrected chi connectivity index (χ2v) is 6.66. The molecule has 2 amide bonds. The minimum Gasteiger partial charge on any atom is -0.493 e. The Bertz CT molecular complexity index is 798. The van der Waals surface area contributed by atoms with Gasteiger partial charge in [0.05, 0.1) is 46.7 Å². The van der Waals surface area contributed by atoms with Crippen molar-refractivity contribution >= 4 is 11.8 Å². The van der Waals surface area contributed by atoms with Crippen LogP contribution in [-0.2, 0) is 11.3 Å². The first-order chi connectivity index (χ1) is 13.6. The Kier molecular flexibility index (Phi) is 6.54. The van der Waals surface area contributed by atoms with E-state index in [4.69, 9.17) is 13.9 Å². The number of carbonyl (C=O) groups excluding carboxylic acids is 2. The average molecular weight is 388 g/mol. The number of furan rings is 1. The van der Waals surface area contributed by atoms with Crippen molar-refractivity contribution in [3.8, 4) is 11.5 Å². The van der Waals surface area contributed by atoms with Gasteiger partial charge in [-0.2, -0.15) is 0 Å². The lowest BCUT2D eigenvalue weighted by Gasteiger charge is -2.31. The lowest BCUT2D eigenvalue weighted by molar-refractivity contribution is -0.896. The Labute approximate surface area is 164 Å². The summed E-state index contributed by atoms with van der Waals surface area (Å²) in [5.74, 6) is 1.54. The van der Waals surface area contributed by atoms with Gasteiger partial charge in [-0.15, -0.1) is 0 Å². The van der Waals surface area contributed by atoms with Crippen molar-refractivity contribution in [2.24, 2.45) is 0 Å². The molecule has 1 aliphatic heterocycles. The van der Waals surface area contributed by atoms with Gasteiger partial charge in [0, 0.05) is 6.54 Å². The first-order valence-electron chi connectivity index (χ1n) is 9.24. The third-order valence-corrected chi connectivity index (χ3v) is 4.84. The lowest BCUT2D eigenvalue weighted by Crippen LogP contribution is -3.15. The van der Waals surface area contributed by atoms with E-state index in [0.29, 0.717) is 43.4 Å². The highest BCUT2D eigenvalue weighted by Crippen LogP contribution is 2.27. The molecule has 2 N–H and O–H groups in total. The van der Waals surface area contributed by atoms with E-state index in [0.717, 1.165) is 23.6 Å². The fraction of sp³-hybridized carbons (Fsp3) is 0.400. The Morgan fingerprint density at radius 1 is 1.14 bits per heavy atom. The Balaban J connectivity index is 1.43. The number of benzene rings is 1. The smallest absolute Gasteiger partial charge is 0.289 e. The molecule has 3 rings (SSSR count). The van der Waals surface area contributed by atoms with Crippen LogP contribution in [0.5, 0.6) is 11.5 Å². The Hall–Kier alpha value is -3.00. The molecule has 1 saturated heterocycles. The van der Waals surface area contributed by atoms with Crippen molar-refractivity contribution in [2.45, 2.75) is 6.54 Å². The Morgan fingerprint density at radius 3 is 2.54 bits per heavy atom. The average Bonchev–Trinajstić information content (AvgIpc) is 3.27. The lowest BCUT2D eigenvalue weighted by atomic mass is 10.2. The SMILES string of the molecule is COc1ccc(CNC(=O)C[NH+]2CCN(C(=O)c3ccco3)CC2)cc1OC. The van der Waals surface area contributed by atoms with Crippen LogP contribution in [0.2, 0.25) is 0 Å². The highest BCUT2D eigenvalue weighted by Gasteiger charge is 2.26. The fourth-order valence-electron chi connectivity index (χ4n) is 3.24. The largest absolute Gasteiger partial charge is 0.493 e. The number of piperazine rings is 1. The van der Waals surface area contributed by atoms with Gasteiger partial charge >= 0.3 is 0 Å². The highest BCUT2D eigenvalue weighted by atomic mass is 16.5. The standard InChI is InChI=1S/C20H25N3O5/c1-26-16-6-5-15(12-18(16)27-2)13-21-19(24)14-22-7-9-23(10-8-22)20(25)17-4-3-11-28-17/h3-6,11-12H,7-10,13-14H2,1-2H3,(H,21,24)/p+1. The molecule has 2 heterocycles. The fourth-order valence-corrected chi connectivity index (χ4v) is 3.24. The zero-order valence-electron chi connectivity index (χ0n) is 16.2. The molecule has 2 aromatic rings. The van der Waals surface area contributed by atoms with Crippen LogP contribution in [-0.4, -0.2) is 63.7 Å². The molecule has 8 nitrogen and oxygen atoms in total. The minimum absolute atomic E-state index is 0.0180. The summed E-state index contributed by atoms with van der Waals surface area (Å²) in [6, 6.07) is 8.94. The number of nitrogens with one attached hydrogen (secondary N) is 2. The van der Waals surface area contributed by atoms with Crippen LogP contribution in [0.3, 0.4) is 0 Å². The molecule has 1 aromatic carbocycles. The molecule has 0 saturated carbocycles. The molecule has 0 aliphatic carbocycles. The van der Waals surface area contributed by atoms with Gasteiger partial charge in [0.2, 0.25) is 0 Å². The molecule has 28 heavy (non-hydrogen) atoms. The number of nitrogens with zero attached hydrogens (tertiary/aromatic N) is 1. The van der Waals surface area contributed by atoms with E-state index in [9.17, 15) is 9.59 Å². The van der Waals surface area contributed by atoms with Gasteiger partial charge in [-0.1, -0.05) is 6.07 Å². The number of methoxy groups -OCH3 is 2. The van der Waals surface area contributed by atoms with E-state index in [1.807, 2.05) is 18.2 Å². The first-order valence-corrected chi connectivity index (χ1v) is 9.24. The Morgan fingerprint density at radius 2 is 1.89 bits per heavy atom. The number of ether oxygens (including phenoxy) is 2. The third-order valence-electron chi connectivity index (χ3n) is 4.84. The topological polar surface area (TPSA) is 85.5 Å². The molecule has 1 aliphatic rings. The summed E-state index contributed by atoms with van der Waals surface area (Å²) >= 11 is 0. The van der Waals surface area contributed by atoms with Crippen LogP contribution in [0.25, 0.3) is 0 Å². The van der Waals surface area contributed by atoms with Crippen LogP contribution in [0.15, 0.2) is 41.0 Å². The molecule has 1 aromatic heterocycles. The van der Waals surface area contributed by atoms with Gasteiger partial charge < -0.3 is 29.0 Å². The van der Waals surface area contributed by atoms with Crippen molar-refractivity contribution < 1.29 is 28.4 Å². The summed E-state index contributed by atoms with van der Waals surface area (Å²) < 4.78 is 15.7. The summed E-state index contributed by atoms with van der Waals surface area (Å²) in [6.07, 6.45) is 1.50. The van der Waals surface area contributed by atoms with Crippen molar-refractivity contribution in [1.82, 2.24) is 10.2 Å².